The maximum atomic E-state index is 12.4. The van der Waals surface area contributed by atoms with Gasteiger partial charge < -0.3 is 5.32 Å². The molecule has 22 heavy (non-hydrogen) atoms. The Kier molecular flexibility index (Phi) is 4.76. The third kappa shape index (κ3) is 3.77. The first-order valence-corrected chi connectivity index (χ1v) is 8.16. The quantitative estimate of drug-likeness (QED) is 0.740. The van der Waals surface area contributed by atoms with Crippen molar-refractivity contribution in [3.8, 4) is 0 Å². The monoisotopic (exact) mass is 359 g/mol. The molecule has 0 saturated carbocycles. The van der Waals surface area contributed by atoms with Gasteiger partial charge in [-0.3, -0.25) is 4.79 Å². The number of halogens is 1. The molecule has 0 radical (unpaired) electrons. The van der Waals surface area contributed by atoms with Gasteiger partial charge in [-0.05, 0) is 48.6 Å². The molecular formula is C19H22BrNO. The molecule has 0 bridgehead atoms. The molecule has 0 aromatic heterocycles. The molecule has 1 amide bonds. The van der Waals surface area contributed by atoms with Crippen molar-refractivity contribution >= 4 is 27.5 Å². The first-order chi connectivity index (χ1) is 10.2. The second-order valence-electron chi connectivity index (χ2n) is 6.72. The number of benzene rings is 2. The third-order valence-electron chi connectivity index (χ3n) is 3.67. The van der Waals surface area contributed by atoms with Gasteiger partial charge in [-0.1, -0.05) is 60.5 Å². The topological polar surface area (TPSA) is 29.1 Å². The molecule has 116 valence electrons. The lowest BCUT2D eigenvalue weighted by atomic mass is 9.86. The minimum absolute atomic E-state index is 0.0430. The van der Waals surface area contributed by atoms with Crippen LogP contribution in [-0.4, -0.2) is 5.91 Å². The minimum Gasteiger partial charge on any atom is -0.322 e. The molecule has 0 saturated heterocycles. The van der Waals surface area contributed by atoms with E-state index in [-0.39, 0.29) is 11.3 Å². The Morgan fingerprint density at radius 2 is 1.73 bits per heavy atom. The summed E-state index contributed by atoms with van der Waals surface area (Å²) in [5.41, 5.74) is 5.00. The second-order valence-corrected chi connectivity index (χ2v) is 7.57. The number of carbonyl (C=O) groups is 1. The fourth-order valence-corrected chi connectivity index (χ4v) is 3.39. The molecule has 0 spiro atoms. The second kappa shape index (κ2) is 6.25. The van der Waals surface area contributed by atoms with Crippen LogP contribution in [0, 0.1) is 13.8 Å². The smallest absolute Gasteiger partial charge is 0.255 e. The van der Waals surface area contributed by atoms with Crippen LogP contribution in [0.1, 0.15) is 47.8 Å². The van der Waals surface area contributed by atoms with Crippen LogP contribution in [-0.2, 0) is 5.41 Å². The van der Waals surface area contributed by atoms with E-state index in [0.29, 0.717) is 5.56 Å². The zero-order valence-corrected chi connectivity index (χ0v) is 15.3. The van der Waals surface area contributed by atoms with Crippen molar-refractivity contribution in [1.29, 1.82) is 0 Å². The van der Waals surface area contributed by atoms with Crippen LogP contribution < -0.4 is 5.32 Å². The highest BCUT2D eigenvalue weighted by molar-refractivity contribution is 9.10. The van der Waals surface area contributed by atoms with Gasteiger partial charge in [0.15, 0.2) is 0 Å². The van der Waals surface area contributed by atoms with Crippen molar-refractivity contribution in [2.45, 2.75) is 40.0 Å². The van der Waals surface area contributed by atoms with E-state index < -0.39 is 0 Å². The molecule has 0 aliphatic carbocycles. The third-order valence-corrected chi connectivity index (χ3v) is 4.33. The van der Waals surface area contributed by atoms with E-state index in [1.165, 1.54) is 11.1 Å². The lowest BCUT2D eigenvalue weighted by Crippen LogP contribution is -2.15. The SMILES string of the molecule is Cc1ccc(NC(=O)c2ccc(C(C)(C)C)c(Br)c2)c(C)c1. The molecule has 1 N–H and O–H groups in total. The maximum Gasteiger partial charge on any atom is 0.255 e. The van der Waals surface area contributed by atoms with Crippen LogP contribution in [0.5, 0.6) is 0 Å². The molecule has 0 aliphatic rings. The summed E-state index contributed by atoms with van der Waals surface area (Å²) in [6, 6.07) is 11.8. The number of hydrogen-bond donors (Lipinski definition) is 1. The molecule has 2 aromatic carbocycles. The predicted molar refractivity (Wildman–Crippen MR) is 96.7 cm³/mol. The fourth-order valence-electron chi connectivity index (χ4n) is 2.41. The molecule has 2 rings (SSSR count). The minimum atomic E-state index is -0.0897. The van der Waals surface area contributed by atoms with Crippen LogP contribution in [0.4, 0.5) is 5.69 Å². The molecule has 2 nitrogen and oxygen atoms in total. The fraction of sp³-hybridized carbons (Fsp3) is 0.316. The van der Waals surface area contributed by atoms with Crippen molar-refractivity contribution in [2.75, 3.05) is 5.32 Å². The molecule has 0 unspecified atom stereocenters. The summed E-state index contributed by atoms with van der Waals surface area (Å²) in [6.07, 6.45) is 0. The van der Waals surface area contributed by atoms with Crippen molar-refractivity contribution < 1.29 is 4.79 Å². The number of rotatable bonds is 2. The number of carbonyl (C=O) groups excluding carboxylic acids is 1. The molecule has 0 heterocycles. The van der Waals surface area contributed by atoms with Crippen LogP contribution in [0.25, 0.3) is 0 Å². The van der Waals surface area contributed by atoms with E-state index >= 15 is 0 Å². The summed E-state index contributed by atoms with van der Waals surface area (Å²) in [7, 11) is 0. The Morgan fingerprint density at radius 1 is 1.05 bits per heavy atom. The summed E-state index contributed by atoms with van der Waals surface area (Å²) in [5, 5.41) is 2.98. The average Bonchev–Trinajstić information content (AvgIpc) is 2.40. The van der Waals surface area contributed by atoms with Gasteiger partial charge in [0.1, 0.15) is 0 Å². The number of aryl methyl sites for hydroxylation is 2. The summed E-state index contributed by atoms with van der Waals surface area (Å²) in [6.45, 7) is 10.5. The van der Waals surface area contributed by atoms with Crippen LogP contribution >= 0.6 is 15.9 Å². The lowest BCUT2D eigenvalue weighted by Gasteiger charge is -2.21. The van der Waals surface area contributed by atoms with Gasteiger partial charge in [0.25, 0.3) is 5.91 Å². The summed E-state index contributed by atoms with van der Waals surface area (Å²) in [4.78, 5) is 12.4. The normalized spacial score (nSPS) is 11.4. The highest BCUT2D eigenvalue weighted by Gasteiger charge is 2.18. The van der Waals surface area contributed by atoms with Gasteiger partial charge in [-0.15, -0.1) is 0 Å². The Bertz CT molecular complexity index is 714. The van der Waals surface area contributed by atoms with Gasteiger partial charge in [0, 0.05) is 15.7 Å². The molecular weight excluding hydrogens is 338 g/mol. The van der Waals surface area contributed by atoms with E-state index in [9.17, 15) is 4.79 Å². The average molecular weight is 360 g/mol. The number of nitrogens with one attached hydrogen (secondary N) is 1. The Balaban J connectivity index is 2.25. The van der Waals surface area contributed by atoms with Crippen molar-refractivity contribution in [3.05, 3.63) is 63.1 Å². The molecule has 0 atom stereocenters. The highest BCUT2D eigenvalue weighted by Crippen LogP contribution is 2.30. The van der Waals surface area contributed by atoms with Crippen molar-refractivity contribution in [2.24, 2.45) is 0 Å². The Morgan fingerprint density at radius 3 is 2.27 bits per heavy atom. The largest absolute Gasteiger partial charge is 0.322 e. The van der Waals surface area contributed by atoms with Crippen molar-refractivity contribution in [3.63, 3.8) is 0 Å². The Labute approximate surface area is 141 Å². The van der Waals surface area contributed by atoms with Gasteiger partial charge in [0.2, 0.25) is 0 Å². The summed E-state index contributed by atoms with van der Waals surface area (Å²) >= 11 is 3.58. The summed E-state index contributed by atoms with van der Waals surface area (Å²) < 4.78 is 0.966. The first-order valence-electron chi connectivity index (χ1n) is 7.37. The number of amides is 1. The molecule has 3 heteroatoms. The van der Waals surface area contributed by atoms with Gasteiger partial charge >= 0.3 is 0 Å². The zero-order chi connectivity index (χ0) is 16.5. The Hall–Kier alpha value is -1.61. The molecule has 0 aliphatic heterocycles. The van der Waals surface area contributed by atoms with Crippen LogP contribution in [0.3, 0.4) is 0 Å². The van der Waals surface area contributed by atoms with Crippen LogP contribution in [0.15, 0.2) is 40.9 Å². The maximum absolute atomic E-state index is 12.4. The first kappa shape index (κ1) is 16.8. The van der Waals surface area contributed by atoms with Gasteiger partial charge in [-0.2, -0.15) is 0 Å². The summed E-state index contributed by atoms with van der Waals surface area (Å²) in [5.74, 6) is -0.0897. The van der Waals surface area contributed by atoms with Crippen LogP contribution in [0.2, 0.25) is 0 Å². The standard InChI is InChI=1S/C19H22BrNO/c1-12-6-9-17(13(2)10-12)21-18(22)14-7-8-15(16(20)11-14)19(3,4)5/h6-11H,1-5H3,(H,21,22). The van der Waals surface area contributed by atoms with Crippen molar-refractivity contribution in [1.82, 2.24) is 0 Å². The zero-order valence-electron chi connectivity index (χ0n) is 13.8. The predicted octanol–water partition coefficient (Wildman–Crippen LogP) is 5.62. The van der Waals surface area contributed by atoms with Gasteiger partial charge in [-0.25, -0.2) is 0 Å². The lowest BCUT2D eigenvalue weighted by molar-refractivity contribution is 0.102. The molecule has 2 aromatic rings. The highest BCUT2D eigenvalue weighted by atomic mass is 79.9. The van der Waals surface area contributed by atoms with E-state index in [4.69, 9.17) is 0 Å². The van der Waals surface area contributed by atoms with E-state index in [0.717, 1.165) is 15.7 Å². The number of hydrogen-bond acceptors (Lipinski definition) is 1. The van der Waals surface area contributed by atoms with E-state index in [1.807, 2.05) is 44.2 Å². The van der Waals surface area contributed by atoms with E-state index in [2.05, 4.69) is 48.1 Å². The van der Waals surface area contributed by atoms with Gasteiger partial charge in [0.05, 0.1) is 0 Å². The number of anilines is 1. The van der Waals surface area contributed by atoms with E-state index in [1.54, 1.807) is 0 Å². The molecule has 0 fully saturated rings.